The Labute approximate surface area is 75.0 Å². The Bertz CT molecular complexity index is 187. The highest BCUT2D eigenvalue weighted by molar-refractivity contribution is 14.1. The van der Waals surface area contributed by atoms with Crippen LogP contribution in [0.4, 0.5) is 13.2 Å². The van der Waals surface area contributed by atoms with Crippen LogP contribution >= 0.6 is 22.9 Å². The quantitative estimate of drug-likeness (QED) is 0.575. The van der Waals surface area contributed by atoms with Gasteiger partial charge in [-0.2, -0.15) is 13.2 Å². The summed E-state index contributed by atoms with van der Waals surface area (Å²) in [6.07, 6.45) is -4.54. The summed E-state index contributed by atoms with van der Waals surface area (Å²) >= 11 is 1.42. The summed E-state index contributed by atoms with van der Waals surface area (Å²) in [4.78, 5) is 10.7. The molecule has 1 fully saturated rings. The van der Waals surface area contributed by atoms with Crippen molar-refractivity contribution in [2.45, 2.75) is 19.0 Å². The second kappa shape index (κ2) is 2.49. The van der Waals surface area contributed by atoms with Gasteiger partial charge in [-0.15, -0.1) is 0 Å². The summed E-state index contributed by atoms with van der Waals surface area (Å²) in [5.74, 6) is -0.925. The predicted molar refractivity (Wildman–Crippen MR) is 39.9 cm³/mol. The minimum absolute atomic E-state index is 0.0780. The van der Waals surface area contributed by atoms with Gasteiger partial charge in [-0.05, 0) is 12.8 Å². The molecular weight excluding hydrogens is 274 g/mol. The van der Waals surface area contributed by atoms with Crippen molar-refractivity contribution in [1.82, 2.24) is 3.53 Å². The summed E-state index contributed by atoms with van der Waals surface area (Å²) in [5, 5.41) is 0. The number of alkyl halides is 3. The molecule has 0 saturated heterocycles. The molecule has 0 aromatic heterocycles. The van der Waals surface area contributed by atoms with Gasteiger partial charge >= 0.3 is 6.18 Å². The molecular formula is C5H5F3INO. The van der Waals surface area contributed by atoms with Gasteiger partial charge in [0.15, 0.2) is 0 Å². The summed E-state index contributed by atoms with van der Waals surface area (Å²) < 4.78 is 38.2. The molecule has 0 aromatic carbocycles. The van der Waals surface area contributed by atoms with E-state index in [1.165, 1.54) is 22.9 Å². The molecule has 0 aliphatic heterocycles. The summed E-state index contributed by atoms with van der Waals surface area (Å²) in [6.45, 7) is 0. The molecule has 1 saturated carbocycles. The SMILES string of the molecule is O=C(NI)C1(C(F)(F)F)CC1. The fourth-order valence-electron chi connectivity index (χ4n) is 0.855. The van der Waals surface area contributed by atoms with Crippen LogP contribution in [-0.2, 0) is 4.79 Å². The molecule has 0 heterocycles. The molecule has 0 radical (unpaired) electrons. The van der Waals surface area contributed by atoms with Crippen molar-refractivity contribution in [3.63, 3.8) is 0 Å². The van der Waals surface area contributed by atoms with E-state index in [1.54, 1.807) is 0 Å². The maximum atomic E-state index is 12.1. The van der Waals surface area contributed by atoms with E-state index in [-0.39, 0.29) is 12.8 Å². The van der Waals surface area contributed by atoms with Crippen molar-refractivity contribution < 1.29 is 18.0 Å². The molecule has 1 aliphatic carbocycles. The van der Waals surface area contributed by atoms with E-state index in [0.29, 0.717) is 0 Å². The lowest BCUT2D eigenvalue weighted by Crippen LogP contribution is -2.37. The van der Waals surface area contributed by atoms with Gasteiger partial charge in [0.2, 0.25) is 5.91 Å². The van der Waals surface area contributed by atoms with Crippen LogP contribution in [0.1, 0.15) is 12.8 Å². The van der Waals surface area contributed by atoms with Gasteiger partial charge < -0.3 is 0 Å². The van der Waals surface area contributed by atoms with E-state index in [1.807, 2.05) is 3.53 Å². The smallest absolute Gasteiger partial charge is 0.298 e. The Hall–Kier alpha value is -0.0100. The molecule has 6 heteroatoms. The number of carbonyl (C=O) groups is 1. The summed E-state index contributed by atoms with van der Waals surface area (Å²) in [7, 11) is 0. The van der Waals surface area contributed by atoms with Crippen LogP contribution in [0, 0.1) is 5.41 Å². The number of amides is 1. The largest absolute Gasteiger partial charge is 0.403 e. The van der Waals surface area contributed by atoms with Gasteiger partial charge in [0.05, 0.1) is 22.9 Å². The first-order chi connectivity index (χ1) is 4.94. The molecule has 0 spiro atoms. The molecule has 1 aliphatic rings. The predicted octanol–water partition coefficient (Wildman–Crippen LogP) is 1.80. The third kappa shape index (κ3) is 1.32. The molecule has 1 amide bonds. The van der Waals surface area contributed by atoms with E-state index in [9.17, 15) is 18.0 Å². The van der Waals surface area contributed by atoms with Crippen molar-refractivity contribution in [3.8, 4) is 0 Å². The first-order valence-corrected chi connectivity index (χ1v) is 4.00. The molecule has 1 rings (SSSR count). The Kier molecular flexibility index (Phi) is 2.06. The highest BCUT2D eigenvalue weighted by atomic mass is 127. The number of nitrogens with one attached hydrogen (secondary N) is 1. The zero-order chi connectivity index (χ0) is 8.70. The van der Waals surface area contributed by atoms with Crippen LogP contribution in [0.25, 0.3) is 0 Å². The maximum absolute atomic E-state index is 12.1. The van der Waals surface area contributed by atoms with Crippen LogP contribution < -0.4 is 3.53 Å². The van der Waals surface area contributed by atoms with Gasteiger partial charge in [0.1, 0.15) is 5.41 Å². The van der Waals surface area contributed by atoms with Gasteiger partial charge in [0.25, 0.3) is 0 Å². The van der Waals surface area contributed by atoms with Crippen molar-refractivity contribution in [2.75, 3.05) is 0 Å². The average Bonchev–Trinajstić information content (AvgIpc) is 2.63. The fraction of sp³-hybridized carbons (Fsp3) is 0.800. The van der Waals surface area contributed by atoms with E-state index in [4.69, 9.17) is 0 Å². The number of hydrogen-bond acceptors (Lipinski definition) is 1. The zero-order valence-electron chi connectivity index (χ0n) is 5.33. The Morgan fingerprint density at radius 1 is 1.45 bits per heavy atom. The van der Waals surface area contributed by atoms with E-state index in [0.717, 1.165) is 0 Å². The molecule has 11 heavy (non-hydrogen) atoms. The topological polar surface area (TPSA) is 29.1 Å². The summed E-state index contributed by atoms with van der Waals surface area (Å²) in [6, 6.07) is 0. The normalized spacial score (nSPS) is 21.1. The van der Waals surface area contributed by atoms with E-state index < -0.39 is 17.5 Å². The molecule has 64 valence electrons. The number of halogens is 4. The maximum Gasteiger partial charge on any atom is 0.403 e. The first kappa shape index (κ1) is 9.08. The zero-order valence-corrected chi connectivity index (χ0v) is 7.49. The van der Waals surface area contributed by atoms with E-state index >= 15 is 0 Å². The van der Waals surface area contributed by atoms with Crippen LogP contribution in [0.3, 0.4) is 0 Å². The second-order valence-corrected chi connectivity index (χ2v) is 3.04. The van der Waals surface area contributed by atoms with Crippen molar-refractivity contribution in [2.24, 2.45) is 5.41 Å². The molecule has 0 unspecified atom stereocenters. The molecule has 0 aromatic rings. The van der Waals surface area contributed by atoms with Gasteiger partial charge in [-0.25, -0.2) is 0 Å². The highest BCUT2D eigenvalue weighted by Crippen LogP contribution is 2.57. The lowest BCUT2D eigenvalue weighted by atomic mass is 10.1. The third-order valence-corrected chi connectivity index (χ3v) is 2.30. The van der Waals surface area contributed by atoms with Crippen molar-refractivity contribution >= 4 is 28.8 Å². The van der Waals surface area contributed by atoms with Crippen molar-refractivity contribution in [1.29, 1.82) is 0 Å². The minimum atomic E-state index is -4.39. The van der Waals surface area contributed by atoms with Crippen LogP contribution in [0.5, 0.6) is 0 Å². The Balaban J connectivity index is 2.76. The molecule has 0 bridgehead atoms. The lowest BCUT2D eigenvalue weighted by Gasteiger charge is -2.15. The first-order valence-electron chi connectivity index (χ1n) is 2.92. The second-order valence-electron chi connectivity index (χ2n) is 2.50. The van der Waals surface area contributed by atoms with E-state index in [2.05, 4.69) is 0 Å². The molecule has 0 atom stereocenters. The number of rotatable bonds is 1. The summed E-state index contributed by atoms with van der Waals surface area (Å²) in [5.41, 5.74) is -2.06. The fourth-order valence-corrected chi connectivity index (χ4v) is 1.37. The van der Waals surface area contributed by atoms with Gasteiger partial charge in [-0.1, -0.05) is 0 Å². The van der Waals surface area contributed by atoms with Crippen LogP contribution in [0.2, 0.25) is 0 Å². The standard InChI is InChI=1S/C5H5F3INO/c6-5(7,8)4(1-2-4)3(11)10-9/h1-2H2,(H,10,11). The highest BCUT2D eigenvalue weighted by Gasteiger charge is 2.68. The monoisotopic (exact) mass is 279 g/mol. The van der Waals surface area contributed by atoms with Crippen LogP contribution in [-0.4, -0.2) is 12.1 Å². The van der Waals surface area contributed by atoms with Gasteiger partial charge in [0, 0.05) is 0 Å². The van der Waals surface area contributed by atoms with Crippen LogP contribution in [0.15, 0.2) is 0 Å². The molecule has 2 nitrogen and oxygen atoms in total. The van der Waals surface area contributed by atoms with Gasteiger partial charge in [-0.3, -0.25) is 8.32 Å². The molecule has 1 N–H and O–H groups in total. The lowest BCUT2D eigenvalue weighted by molar-refractivity contribution is -0.190. The average molecular weight is 279 g/mol. The number of hydrogen-bond donors (Lipinski definition) is 1. The minimum Gasteiger partial charge on any atom is -0.298 e. The number of carbonyl (C=O) groups excluding carboxylic acids is 1. The van der Waals surface area contributed by atoms with Crippen molar-refractivity contribution in [3.05, 3.63) is 0 Å². The third-order valence-electron chi connectivity index (χ3n) is 1.81. The Morgan fingerprint density at radius 2 is 1.91 bits per heavy atom. The Morgan fingerprint density at radius 3 is 2.00 bits per heavy atom.